The summed E-state index contributed by atoms with van der Waals surface area (Å²) in [5.41, 5.74) is 0.534. The van der Waals surface area contributed by atoms with Gasteiger partial charge in [-0.3, -0.25) is 0 Å². The molecule has 1 unspecified atom stereocenters. The van der Waals surface area contributed by atoms with Gasteiger partial charge in [0, 0.05) is 6.20 Å². The molecule has 0 aliphatic rings. The van der Waals surface area contributed by atoms with Gasteiger partial charge in [0.1, 0.15) is 6.33 Å². The zero-order valence-electron chi connectivity index (χ0n) is 11.6. The van der Waals surface area contributed by atoms with Gasteiger partial charge in [0.2, 0.25) is 0 Å². The first-order valence-electron chi connectivity index (χ1n) is 6.69. The van der Waals surface area contributed by atoms with E-state index < -0.39 is 11.7 Å². The average Bonchev–Trinajstić information content (AvgIpc) is 2.48. The molecule has 0 saturated heterocycles. The molecule has 2 rings (SSSR count). The quantitative estimate of drug-likeness (QED) is 0.916. The van der Waals surface area contributed by atoms with Crippen molar-refractivity contribution in [3.05, 3.63) is 59.7 Å². The lowest BCUT2D eigenvalue weighted by Crippen LogP contribution is -2.24. The van der Waals surface area contributed by atoms with Crippen LogP contribution >= 0.6 is 0 Å². The largest absolute Gasteiger partial charge is 0.416 e. The van der Waals surface area contributed by atoms with Crippen molar-refractivity contribution < 1.29 is 13.2 Å². The molecule has 2 aromatic rings. The van der Waals surface area contributed by atoms with E-state index in [4.69, 9.17) is 0 Å². The fraction of sp³-hybridized carbons (Fsp3) is 0.333. The number of hydrogen-bond acceptors (Lipinski definition) is 3. The lowest BCUT2D eigenvalue weighted by atomic mass is 10.0. The second-order valence-electron chi connectivity index (χ2n) is 4.64. The minimum atomic E-state index is -4.35. The van der Waals surface area contributed by atoms with E-state index in [-0.39, 0.29) is 6.04 Å². The van der Waals surface area contributed by atoms with E-state index in [9.17, 15) is 13.2 Å². The van der Waals surface area contributed by atoms with Crippen LogP contribution in [-0.2, 0) is 6.18 Å². The topological polar surface area (TPSA) is 37.8 Å². The summed E-state index contributed by atoms with van der Waals surface area (Å²) in [5, 5.41) is 3.22. The van der Waals surface area contributed by atoms with Gasteiger partial charge in [0.05, 0.1) is 17.3 Å². The monoisotopic (exact) mass is 295 g/mol. The van der Waals surface area contributed by atoms with Crippen LogP contribution in [0.5, 0.6) is 0 Å². The molecular formula is C15H16F3N3. The van der Waals surface area contributed by atoms with Crippen LogP contribution in [0.4, 0.5) is 13.2 Å². The maximum absolute atomic E-state index is 12.8. The molecule has 1 atom stereocenters. The second kappa shape index (κ2) is 6.67. The number of nitrogens with one attached hydrogen (secondary N) is 1. The smallest absolute Gasteiger partial charge is 0.305 e. The molecule has 0 bridgehead atoms. The molecule has 0 saturated carbocycles. The highest BCUT2D eigenvalue weighted by molar-refractivity contribution is 5.32. The van der Waals surface area contributed by atoms with E-state index in [1.165, 1.54) is 12.4 Å². The minimum absolute atomic E-state index is 0.379. The molecule has 3 nitrogen and oxygen atoms in total. The van der Waals surface area contributed by atoms with Crippen molar-refractivity contribution in [2.24, 2.45) is 0 Å². The Kier molecular flexibility index (Phi) is 4.90. The zero-order valence-corrected chi connectivity index (χ0v) is 11.6. The van der Waals surface area contributed by atoms with Crippen LogP contribution in [0.1, 0.15) is 36.2 Å². The van der Waals surface area contributed by atoms with Gasteiger partial charge < -0.3 is 5.32 Å². The first-order valence-corrected chi connectivity index (χ1v) is 6.69. The number of nitrogens with zero attached hydrogens (tertiary/aromatic N) is 2. The van der Waals surface area contributed by atoms with E-state index in [0.717, 1.165) is 18.6 Å². The predicted octanol–water partition coefficient (Wildman–Crippen LogP) is 3.58. The molecular weight excluding hydrogens is 279 g/mol. The number of halogens is 3. The van der Waals surface area contributed by atoms with Gasteiger partial charge in [-0.15, -0.1) is 0 Å². The molecule has 0 spiro atoms. The average molecular weight is 295 g/mol. The molecule has 0 radical (unpaired) electrons. The molecule has 1 N–H and O–H groups in total. The minimum Gasteiger partial charge on any atom is -0.305 e. The van der Waals surface area contributed by atoms with Crippen LogP contribution in [0.3, 0.4) is 0 Å². The molecule has 1 aromatic heterocycles. The van der Waals surface area contributed by atoms with Crippen LogP contribution in [0.2, 0.25) is 0 Å². The number of aromatic nitrogens is 2. The van der Waals surface area contributed by atoms with Crippen molar-refractivity contribution in [2.45, 2.75) is 25.6 Å². The highest BCUT2D eigenvalue weighted by Gasteiger charge is 2.31. The van der Waals surface area contributed by atoms with Gasteiger partial charge in [0.25, 0.3) is 0 Å². The maximum atomic E-state index is 12.8. The molecule has 112 valence electrons. The Hall–Kier alpha value is -1.95. The third-order valence-electron chi connectivity index (χ3n) is 3.05. The lowest BCUT2D eigenvalue weighted by Gasteiger charge is -2.19. The van der Waals surface area contributed by atoms with Crippen LogP contribution in [0.25, 0.3) is 0 Å². The maximum Gasteiger partial charge on any atom is 0.416 e. The summed E-state index contributed by atoms with van der Waals surface area (Å²) in [7, 11) is 0. The van der Waals surface area contributed by atoms with Crippen molar-refractivity contribution in [3.63, 3.8) is 0 Å². The third-order valence-corrected chi connectivity index (χ3v) is 3.05. The standard InChI is InChI=1S/C15H16F3N3/c1-2-7-20-14(13-6-8-19-10-21-13)11-4-3-5-12(9-11)15(16,17)18/h3-6,8-10,14,20H,2,7H2,1H3. The Morgan fingerprint density at radius 3 is 2.67 bits per heavy atom. The van der Waals surface area contributed by atoms with E-state index in [0.29, 0.717) is 17.8 Å². The zero-order chi connectivity index (χ0) is 15.3. The summed E-state index contributed by atoms with van der Waals surface area (Å²) in [5.74, 6) is 0. The Morgan fingerprint density at radius 1 is 1.24 bits per heavy atom. The summed E-state index contributed by atoms with van der Waals surface area (Å²) in [6, 6.07) is 6.64. The molecule has 1 aromatic carbocycles. The number of benzene rings is 1. The fourth-order valence-electron chi connectivity index (χ4n) is 2.05. The highest BCUT2D eigenvalue weighted by atomic mass is 19.4. The Bertz CT molecular complexity index is 570. The second-order valence-corrected chi connectivity index (χ2v) is 4.64. The molecule has 6 heteroatoms. The van der Waals surface area contributed by atoms with Crippen molar-refractivity contribution in [1.29, 1.82) is 0 Å². The Morgan fingerprint density at radius 2 is 2.05 bits per heavy atom. The molecule has 0 fully saturated rings. The van der Waals surface area contributed by atoms with E-state index in [1.807, 2.05) is 6.92 Å². The number of rotatable bonds is 5. The SMILES string of the molecule is CCCNC(c1cccc(C(F)(F)F)c1)c1ccncn1. The van der Waals surface area contributed by atoms with E-state index >= 15 is 0 Å². The summed E-state index contributed by atoms with van der Waals surface area (Å²) in [6.45, 7) is 2.68. The van der Waals surface area contributed by atoms with Crippen LogP contribution < -0.4 is 5.32 Å². The third kappa shape index (κ3) is 4.01. The van der Waals surface area contributed by atoms with Gasteiger partial charge in [-0.2, -0.15) is 13.2 Å². The molecule has 0 aliphatic carbocycles. The van der Waals surface area contributed by atoms with Gasteiger partial charge in [-0.25, -0.2) is 9.97 Å². The Labute approximate surface area is 121 Å². The summed E-state index contributed by atoms with van der Waals surface area (Å²) in [4.78, 5) is 7.99. The molecule has 0 amide bonds. The van der Waals surface area contributed by atoms with Crippen molar-refractivity contribution in [2.75, 3.05) is 6.54 Å². The Balaban J connectivity index is 2.37. The fourth-order valence-corrected chi connectivity index (χ4v) is 2.05. The van der Waals surface area contributed by atoms with Crippen molar-refractivity contribution in [3.8, 4) is 0 Å². The first-order chi connectivity index (χ1) is 10.0. The number of alkyl halides is 3. The predicted molar refractivity (Wildman–Crippen MR) is 73.6 cm³/mol. The van der Waals surface area contributed by atoms with Gasteiger partial charge in [-0.1, -0.05) is 19.1 Å². The van der Waals surface area contributed by atoms with Crippen LogP contribution in [0, 0.1) is 0 Å². The molecule has 1 heterocycles. The summed E-state index contributed by atoms with van der Waals surface area (Å²) in [6.07, 6.45) is -0.502. The lowest BCUT2D eigenvalue weighted by molar-refractivity contribution is -0.137. The van der Waals surface area contributed by atoms with Gasteiger partial charge in [-0.05, 0) is 36.7 Å². The van der Waals surface area contributed by atoms with Crippen molar-refractivity contribution in [1.82, 2.24) is 15.3 Å². The van der Waals surface area contributed by atoms with Gasteiger partial charge in [0.15, 0.2) is 0 Å². The number of hydrogen-bond donors (Lipinski definition) is 1. The first kappa shape index (κ1) is 15.4. The highest BCUT2D eigenvalue weighted by Crippen LogP contribution is 2.31. The summed E-state index contributed by atoms with van der Waals surface area (Å²) >= 11 is 0. The summed E-state index contributed by atoms with van der Waals surface area (Å²) < 4.78 is 38.5. The molecule has 21 heavy (non-hydrogen) atoms. The van der Waals surface area contributed by atoms with Crippen molar-refractivity contribution >= 4 is 0 Å². The normalized spacial score (nSPS) is 13.1. The van der Waals surface area contributed by atoms with E-state index in [1.54, 1.807) is 18.3 Å². The van der Waals surface area contributed by atoms with Crippen LogP contribution in [-0.4, -0.2) is 16.5 Å². The van der Waals surface area contributed by atoms with E-state index in [2.05, 4.69) is 15.3 Å². The molecule has 0 aliphatic heterocycles. The van der Waals surface area contributed by atoms with Gasteiger partial charge >= 0.3 is 6.18 Å². The van der Waals surface area contributed by atoms with Crippen LogP contribution in [0.15, 0.2) is 42.9 Å².